The summed E-state index contributed by atoms with van der Waals surface area (Å²) in [7, 11) is 0. The Kier molecular flexibility index (Phi) is 8.65. The third-order valence-corrected chi connectivity index (χ3v) is 10.4. The van der Waals surface area contributed by atoms with E-state index in [1.165, 1.54) is 6.92 Å². The second kappa shape index (κ2) is 12.2. The number of alkyl halides is 1. The van der Waals surface area contributed by atoms with Crippen LogP contribution >= 0.6 is 11.6 Å². The van der Waals surface area contributed by atoms with Gasteiger partial charge in [-0.1, -0.05) is 0 Å². The van der Waals surface area contributed by atoms with E-state index in [0.717, 1.165) is 60.9 Å². The number of carbonyl (C=O) groups is 3. The Morgan fingerprint density at radius 2 is 1.88 bits per heavy atom. The van der Waals surface area contributed by atoms with Crippen molar-refractivity contribution in [1.82, 2.24) is 5.32 Å². The van der Waals surface area contributed by atoms with Crippen molar-refractivity contribution >= 4 is 69.8 Å². The second-order valence-electron chi connectivity index (χ2n) is 10.6. The van der Waals surface area contributed by atoms with Crippen LogP contribution in [-0.2, 0) is 16.0 Å². The molecule has 0 unspecified atom stereocenters. The fraction of sp³-hybridized carbons (Fsp3) is 0.344. The van der Waals surface area contributed by atoms with Crippen molar-refractivity contribution in [1.29, 1.82) is 0 Å². The number of carbonyl (C=O) groups excluding carboxylic acids is 3. The maximum atomic E-state index is 13.8. The molecule has 0 saturated heterocycles. The average molecular weight is 624 g/mol. The van der Waals surface area contributed by atoms with Gasteiger partial charge in [-0.3, -0.25) is 4.79 Å². The number of phenolic OH excluding ortho intramolecular Hbond substituents is 1. The molecule has 0 aliphatic carbocycles. The molecule has 6 nitrogen and oxygen atoms in total. The number of halogens is 1. The molecule has 2 N–H and O–H groups in total. The van der Waals surface area contributed by atoms with Crippen LogP contribution in [0.1, 0.15) is 59.4 Å². The molecule has 2 heterocycles. The summed E-state index contributed by atoms with van der Waals surface area (Å²) in [6.07, 6.45) is 2.93. The van der Waals surface area contributed by atoms with E-state index >= 15 is 0 Å². The topological polar surface area (TPSA) is 86.7 Å². The van der Waals surface area contributed by atoms with Crippen molar-refractivity contribution in [2.45, 2.75) is 45.4 Å². The number of aromatic hydroxyl groups is 1. The van der Waals surface area contributed by atoms with Crippen LogP contribution in [0.4, 0.5) is 5.69 Å². The molecular formula is C32H33ClN2O4Se. The van der Waals surface area contributed by atoms with E-state index in [1.54, 1.807) is 11.0 Å². The van der Waals surface area contributed by atoms with E-state index in [0.29, 0.717) is 25.4 Å². The molecule has 8 heteroatoms. The van der Waals surface area contributed by atoms with Gasteiger partial charge in [0.2, 0.25) is 5.91 Å². The van der Waals surface area contributed by atoms with E-state index in [-0.39, 0.29) is 49.7 Å². The Morgan fingerprint density at radius 3 is 2.62 bits per heavy atom. The van der Waals surface area contributed by atoms with Gasteiger partial charge in [0.1, 0.15) is 0 Å². The van der Waals surface area contributed by atoms with Gasteiger partial charge in [-0.05, 0) is 0 Å². The van der Waals surface area contributed by atoms with E-state index in [1.807, 2.05) is 55.5 Å². The summed E-state index contributed by atoms with van der Waals surface area (Å²) in [5, 5.41) is 16.2. The summed E-state index contributed by atoms with van der Waals surface area (Å²) in [6.45, 7) is 4.60. The Morgan fingerprint density at radius 1 is 1.10 bits per heavy atom. The minimum atomic E-state index is -0.145. The molecule has 3 aromatic carbocycles. The summed E-state index contributed by atoms with van der Waals surface area (Å²) >= 11 is 6.21. The molecule has 4 aromatic rings. The number of nitrogens with zero attached hydrogens (tertiary/aromatic N) is 1. The normalized spacial score (nSPS) is 15.4. The molecule has 1 aliphatic heterocycles. The quantitative estimate of drug-likeness (QED) is 0.133. The molecule has 1 aliphatic rings. The van der Waals surface area contributed by atoms with Crippen LogP contribution in [-0.4, -0.2) is 56.2 Å². The summed E-state index contributed by atoms with van der Waals surface area (Å²) in [5.74, 6) is 0.627. The van der Waals surface area contributed by atoms with Crippen LogP contribution in [0.5, 0.6) is 5.75 Å². The SMILES string of the molecule is CC(=O)NCCCC[C@H](C)C(=O)Cc1ccc2[se]c(C(=O)N3C[C@@H](CCl)c4c3cc(O)c3ccccc43)cc2c1. The number of hydrogen-bond donors (Lipinski definition) is 2. The Hall–Kier alpha value is -3.12. The molecule has 2 amide bonds. The van der Waals surface area contributed by atoms with E-state index < -0.39 is 0 Å². The molecular weight excluding hydrogens is 591 g/mol. The Balaban J connectivity index is 1.31. The van der Waals surface area contributed by atoms with Crippen molar-refractivity contribution in [2.24, 2.45) is 5.92 Å². The molecule has 0 radical (unpaired) electrons. The predicted molar refractivity (Wildman–Crippen MR) is 162 cm³/mol. The maximum absolute atomic E-state index is 13.8. The van der Waals surface area contributed by atoms with Gasteiger partial charge in [0.15, 0.2) is 0 Å². The third kappa shape index (κ3) is 5.83. The number of rotatable bonds is 10. The zero-order chi connectivity index (χ0) is 28.4. The third-order valence-electron chi connectivity index (χ3n) is 7.73. The van der Waals surface area contributed by atoms with Gasteiger partial charge in [0, 0.05) is 6.92 Å². The monoisotopic (exact) mass is 624 g/mol. The first-order valence-electron chi connectivity index (χ1n) is 13.7. The number of nitrogens with one attached hydrogen (secondary N) is 1. The first-order chi connectivity index (χ1) is 19.3. The summed E-state index contributed by atoms with van der Waals surface area (Å²) < 4.78 is 1.89. The van der Waals surface area contributed by atoms with Crippen molar-refractivity contribution in [3.05, 3.63) is 70.2 Å². The summed E-state index contributed by atoms with van der Waals surface area (Å²) in [6, 6.07) is 17.4. The van der Waals surface area contributed by atoms with E-state index in [4.69, 9.17) is 11.6 Å². The molecule has 1 aromatic heterocycles. The summed E-state index contributed by atoms with van der Waals surface area (Å²) in [4.78, 5) is 39.4. The van der Waals surface area contributed by atoms with Crippen LogP contribution in [0.2, 0.25) is 0 Å². The summed E-state index contributed by atoms with van der Waals surface area (Å²) in [5.41, 5.74) is 2.71. The van der Waals surface area contributed by atoms with Gasteiger partial charge in [-0.15, -0.1) is 0 Å². The standard InChI is InChI=1S/C32H33ClN2O4Se/c1-19(7-5-6-12-34-20(2)36)27(37)14-21-10-11-29-22(13-21)15-30(40-29)32(39)35-18-23(17-33)31-25-9-4-3-8-24(25)28(38)16-26(31)35/h3-4,8-11,13,15-16,19,23,38H,5-7,12,14,17-18H2,1-2H3,(H,34,36)/t19-,23+/m0/s1. The Labute approximate surface area is 245 Å². The van der Waals surface area contributed by atoms with Crippen molar-refractivity contribution in [2.75, 3.05) is 23.9 Å². The van der Waals surface area contributed by atoms with Gasteiger partial charge in [-0.25, -0.2) is 0 Å². The average Bonchev–Trinajstić information content (AvgIpc) is 3.53. The number of hydrogen-bond acceptors (Lipinski definition) is 4. The molecule has 40 heavy (non-hydrogen) atoms. The van der Waals surface area contributed by atoms with Crippen molar-refractivity contribution < 1.29 is 19.5 Å². The van der Waals surface area contributed by atoms with E-state index in [2.05, 4.69) is 5.32 Å². The van der Waals surface area contributed by atoms with Crippen LogP contribution in [0, 0.1) is 5.92 Å². The van der Waals surface area contributed by atoms with Crippen LogP contribution in [0.15, 0.2) is 54.6 Å². The number of Topliss-reactive ketones (excluding diaryl/α,β-unsaturated/α-hetero) is 1. The van der Waals surface area contributed by atoms with Gasteiger partial charge in [-0.2, -0.15) is 0 Å². The fourth-order valence-corrected chi connectivity index (χ4v) is 7.90. The van der Waals surface area contributed by atoms with Gasteiger partial charge in [0.05, 0.1) is 0 Å². The predicted octanol–water partition coefficient (Wildman–Crippen LogP) is 5.79. The number of anilines is 1. The molecule has 5 rings (SSSR count). The van der Waals surface area contributed by atoms with Crippen LogP contribution in [0.25, 0.3) is 20.4 Å². The molecule has 2 atom stereocenters. The molecule has 0 saturated carbocycles. The number of amides is 2. The second-order valence-corrected chi connectivity index (χ2v) is 13.2. The first-order valence-corrected chi connectivity index (χ1v) is 15.9. The van der Waals surface area contributed by atoms with Crippen LogP contribution in [0.3, 0.4) is 0 Å². The molecule has 0 bridgehead atoms. The fourth-order valence-electron chi connectivity index (χ4n) is 5.56. The Bertz CT molecular complexity index is 1600. The van der Waals surface area contributed by atoms with Gasteiger partial charge >= 0.3 is 228 Å². The number of ketones is 1. The molecule has 208 valence electrons. The van der Waals surface area contributed by atoms with Crippen molar-refractivity contribution in [3.8, 4) is 5.75 Å². The molecule has 0 spiro atoms. The number of benzene rings is 3. The van der Waals surface area contributed by atoms with E-state index in [9.17, 15) is 19.5 Å². The minimum absolute atomic E-state index is 0.00648. The molecule has 0 fully saturated rings. The van der Waals surface area contributed by atoms with Gasteiger partial charge in [0.25, 0.3) is 0 Å². The number of phenols is 1. The zero-order valence-electron chi connectivity index (χ0n) is 22.7. The van der Waals surface area contributed by atoms with Crippen molar-refractivity contribution in [3.63, 3.8) is 0 Å². The van der Waals surface area contributed by atoms with Gasteiger partial charge < -0.3 is 0 Å². The first kappa shape index (κ1) is 28.4. The van der Waals surface area contributed by atoms with Crippen LogP contribution < -0.4 is 10.2 Å². The number of fused-ring (bicyclic) bond motifs is 4. The number of unbranched alkanes of at least 4 members (excludes halogenated alkanes) is 1. The zero-order valence-corrected chi connectivity index (χ0v) is 25.2.